The van der Waals surface area contributed by atoms with Crippen LogP contribution in [0.4, 0.5) is 0 Å². The van der Waals surface area contributed by atoms with E-state index in [0.717, 1.165) is 0 Å². The largest absolute Gasteiger partial charge is 0.340 e. The van der Waals surface area contributed by atoms with Gasteiger partial charge in [0.15, 0.2) is 0 Å². The zero-order valence-electron chi connectivity index (χ0n) is 4.84. The molecule has 0 fully saturated rings. The van der Waals surface area contributed by atoms with Crippen LogP contribution >= 0.6 is 22.6 Å². The Morgan fingerprint density at radius 3 is 2.78 bits per heavy atom. The molecule has 1 aromatic rings. The molecule has 0 aromatic carbocycles. The van der Waals surface area contributed by atoms with Crippen LogP contribution in [0.1, 0.15) is 10.5 Å². The predicted octanol–water partition coefficient (Wildman–Crippen LogP) is 0.995. The van der Waals surface area contributed by atoms with Crippen molar-refractivity contribution in [2.45, 2.75) is 0 Å². The van der Waals surface area contributed by atoms with E-state index < -0.39 is 0 Å². The first kappa shape index (κ1) is 6.73. The van der Waals surface area contributed by atoms with Crippen molar-refractivity contribution in [2.75, 3.05) is 0 Å². The minimum Gasteiger partial charge on any atom is -0.340 e. The summed E-state index contributed by atoms with van der Waals surface area (Å²) in [5.41, 5.74) is 0.512. The summed E-state index contributed by atoms with van der Waals surface area (Å²) in [6, 6.07) is 0. The average Bonchev–Trinajstić information content (AvgIpc) is 2.14. The molecule has 48 valence electrons. The number of imidazole rings is 1. The van der Waals surface area contributed by atoms with Gasteiger partial charge in [-0.05, 0) is 0 Å². The number of hydrogen-bond acceptors (Lipinski definition) is 2. The van der Waals surface area contributed by atoms with Crippen LogP contribution in [0.5, 0.6) is 0 Å². The van der Waals surface area contributed by atoms with E-state index in [-0.39, 0.29) is 3.79 Å². The fourth-order valence-electron chi connectivity index (χ4n) is 0.514. The molecule has 0 aliphatic rings. The van der Waals surface area contributed by atoms with Gasteiger partial charge in [-0.25, -0.2) is 4.98 Å². The molecule has 0 aliphatic heterocycles. The lowest BCUT2D eigenvalue weighted by Gasteiger charge is -1.80. The topological polar surface area (TPSA) is 34.9 Å². The number of nitrogens with zero attached hydrogens (tertiary/aromatic N) is 2. The number of aryl methyl sites for hydroxylation is 1. The van der Waals surface area contributed by atoms with E-state index in [1.165, 1.54) is 0 Å². The lowest BCUT2D eigenvalue weighted by Crippen LogP contribution is -1.85. The van der Waals surface area contributed by atoms with Crippen molar-refractivity contribution in [1.29, 1.82) is 0 Å². The Kier molecular flexibility index (Phi) is 1.84. The molecule has 0 atom stereocenters. The maximum atomic E-state index is 10.6. The van der Waals surface area contributed by atoms with Crippen LogP contribution in [0.15, 0.2) is 12.5 Å². The molecule has 1 rings (SSSR count). The van der Waals surface area contributed by atoms with Gasteiger partial charge in [-0.1, -0.05) is 0 Å². The van der Waals surface area contributed by atoms with Crippen molar-refractivity contribution < 1.29 is 4.79 Å². The smallest absolute Gasteiger partial charge is 0.242 e. The van der Waals surface area contributed by atoms with E-state index in [2.05, 4.69) is 4.98 Å². The second kappa shape index (κ2) is 2.47. The van der Waals surface area contributed by atoms with Crippen molar-refractivity contribution in [3.63, 3.8) is 0 Å². The summed E-state index contributed by atoms with van der Waals surface area (Å²) in [6.45, 7) is 0. The molecule has 3 nitrogen and oxygen atoms in total. The standard InChI is InChI=1S/C5H5IN2O/c1-8-2-4(5(6)9)7-3-8/h2-3H,1H3. The van der Waals surface area contributed by atoms with Gasteiger partial charge in [0.2, 0.25) is 3.79 Å². The SMILES string of the molecule is Cn1cnc(C(=O)I)c1. The van der Waals surface area contributed by atoms with E-state index in [1.807, 2.05) is 7.05 Å². The highest BCUT2D eigenvalue weighted by Gasteiger charge is 2.01. The van der Waals surface area contributed by atoms with Crippen LogP contribution in [0.3, 0.4) is 0 Å². The minimum absolute atomic E-state index is 0.0202. The van der Waals surface area contributed by atoms with Crippen LogP contribution in [-0.2, 0) is 7.05 Å². The molecule has 0 amide bonds. The lowest BCUT2D eigenvalue weighted by atomic mass is 10.5. The molecule has 4 heteroatoms. The van der Waals surface area contributed by atoms with E-state index in [4.69, 9.17) is 0 Å². The molecule has 0 saturated heterocycles. The summed E-state index contributed by atoms with van der Waals surface area (Å²) in [5.74, 6) is 0. The summed E-state index contributed by atoms with van der Waals surface area (Å²) in [7, 11) is 1.83. The van der Waals surface area contributed by atoms with Gasteiger partial charge in [0.05, 0.1) is 6.33 Å². The van der Waals surface area contributed by atoms with Gasteiger partial charge in [0, 0.05) is 35.8 Å². The summed E-state index contributed by atoms with van der Waals surface area (Å²) in [6.07, 6.45) is 3.29. The van der Waals surface area contributed by atoms with Crippen LogP contribution in [0.2, 0.25) is 0 Å². The third-order valence-corrected chi connectivity index (χ3v) is 1.46. The van der Waals surface area contributed by atoms with Gasteiger partial charge < -0.3 is 4.57 Å². The molecule has 1 aromatic heterocycles. The summed E-state index contributed by atoms with van der Waals surface area (Å²) in [5, 5.41) is 0. The number of aromatic nitrogens is 2. The monoisotopic (exact) mass is 236 g/mol. The molecule has 9 heavy (non-hydrogen) atoms. The van der Waals surface area contributed by atoms with Crippen molar-refractivity contribution in [3.05, 3.63) is 18.2 Å². The molecule has 0 bridgehead atoms. The summed E-state index contributed by atoms with van der Waals surface area (Å²) in [4.78, 5) is 14.4. The Morgan fingerprint density at radius 2 is 2.56 bits per heavy atom. The Labute approximate surface area is 66.2 Å². The van der Waals surface area contributed by atoms with Gasteiger partial charge in [0.1, 0.15) is 5.69 Å². The normalized spacial score (nSPS) is 9.56. The number of halogens is 1. The van der Waals surface area contributed by atoms with Gasteiger partial charge in [-0.15, -0.1) is 0 Å². The maximum Gasteiger partial charge on any atom is 0.242 e. The summed E-state index contributed by atoms with van der Waals surface area (Å²) < 4.78 is 1.72. The zero-order valence-corrected chi connectivity index (χ0v) is 6.99. The Balaban J connectivity index is 2.98. The lowest BCUT2D eigenvalue weighted by molar-refractivity contribution is 0.110. The first-order valence-corrected chi connectivity index (χ1v) is 3.46. The summed E-state index contributed by atoms with van der Waals surface area (Å²) >= 11 is 1.71. The minimum atomic E-state index is -0.0202. The van der Waals surface area contributed by atoms with Crippen LogP contribution in [0, 0.1) is 0 Å². The Hall–Kier alpha value is -0.390. The van der Waals surface area contributed by atoms with E-state index in [0.29, 0.717) is 5.69 Å². The molecule has 0 aliphatic carbocycles. The van der Waals surface area contributed by atoms with E-state index >= 15 is 0 Å². The van der Waals surface area contributed by atoms with Gasteiger partial charge in [-0.3, -0.25) is 4.79 Å². The molecular formula is C5H5IN2O. The highest BCUT2D eigenvalue weighted by atomic mass is 127. The number of carbonyl (C=O) groups excluding carboxylic acids is 1. The predicted molar refractivity (Wildman–Crippen MR) is 41.6 cm³/mol. The quantitative estimate of drug-likeness (QED) is 0.538. The molecule has 1 heterocycles. The number of carbonyl (C=O) groups is 1. The fourth-order valence-corrected chi connectivity index (χ4v) is 0.793. The highest BCUT2D eigenvalue weighted by molar-refractivity contribution is 14.1. The third-order valence-electron chi connectivity index (χ3n) is 0.906. The van der Waals surface area contributed by atoms with Gasteiger partial charge in [-0.2, -0.15) is 0 Å². The maximum absolute atomic E-state index is 10.6. The third kappa shape index (κ3) is 1.51. The number of rotatable bonds is 1. The molecule has 0 saturated carbocycles. The molecule has 0 spiro atoms. The molecular weight excluding hydrogens is 231 g/mol. The zero-order chi connectivity index (χ0) is 6.85. The van der Waals surface area contributed by atoms with Gasteiger partial charge in [0.25, 0.3) is 0 Å². The fraction of sp³-hybridized carbons (Fsp3) is 0.200. The molecule has 0 radical (unpaired) electrons. The highest BCUT2D eigenvalue weighted by Crippen LogP contribution is 2.00. The molecule has 0 unspecified atom stereocenters. The second-order valence-corrected chi connectivity index (χ2v) is 2.68. The Morgan fingerprint density at radius 1 is 1.89 bits per heavy atom. The van der Waals surface area contributed by atoms with Gasteiger partial charge >= 0.3 is 0 Å². The second-order valence-electron chi connectivity index (χ2n) is 1.70. The van der Waals surface area contributed by atoms with E-state index in [1.54, 1.807) is 39.7 Å². The van der Waals surface area contributed by atoms with Crippen LogP contribution < -0.4 is 0 Å². The van der Waals surface area contributed by atoms with Crippen LogP contribution in [-0.4, -0.2) is 13.3 Å². The van der Waals surface area contributed by atoms with Crippen molar-refractivity contribution >= 4 is 26.4 Å². The Bertz CT molecular complexity index is 231. The van der Waals surface area contributed by atoms with Crippen molar-refractivity contribution in [1.82, 2.24) is 9.55 Å². The van der Waals surface area contributed by atoms with Crippen LogP contribution in [0.25, 0.3) is 0 Å². The first-order valence-electron chi connectivity index (χ1n) is 2.38. The molecule has 0 N–H and O–H groups in total. The van der Waals surface area contributed by atoms with Crippen molar-refractivity contribution in [2.24, 2.45) is 7.05 Å². The average molecular weight is 236 g/mol. The number of hydrogen-bond donors (Lipinski definition) is 0. The van der Waals surface area contributed by atoms with Crippen molar-refractivity contribution in [3.8, 4) is 0 Å². The first-order chi connectivity index (χ1) is 4.20. The van der Waals surface area contributed by atoms with E-state index in [9.17, 15) is 4.79 Å².